The summed E-state index contributed by atoms with van der Waals surface area (Å²) in [4.78, 5) is 4.65. The van der Waals surface area contributed by atoms with Crippen LogP contribution in [-0.2, 0) is 18.3 Å². The molecule has 7 heteroatoms. The van der Waals surface area contributed by atoms with Crippen LogP contribution in [0.3, 0.4) is 0 Å². The molecule has 1 aromatic rings. The minimum Gasteiger partial charge on any atom is -0.381 e. The van der Waals surface area contributed by atoms with E-state index < -0.39 is 0 Å². The van der Waals surface area contributed by atoms with E-state index >= 15 is 0 Å². The molecule has 1 saturated carbocycles. The average Bonchev–Trinajstić information content (AvgIpc) is 2.85. The molecule has 1 fully saturated rings. The Kier molecular flexibility index (Phi) is 7.11. The van der Waals surface area contributed by atoms with Crippen LogP contribution in [-0.4, -0.2) is 41.5 Å². The monoisotopic (exact) mass is 421 g/mol. The summed E-state index contributed by atoms with van der Waals surface area (Å²) in [7, 11) is 3.72. The van der Waals surface area contributed by atoms with Gasteiger partial charge in [0.05, 0.1) is 18.3 Å². The summed E-state index contributed by atoms with van der Waals surface area (Å²) in [5.74, 6) is 0.853. The Labute approximate surface area is 150 Å². The second-order valence-corrected chi connectivity index (χ2v) is 6.12. The molecule has 0 aromatic carbocycles. The molecule has 0 saturated heterocycles. The smallest absolute Gasteiger partial charge is 0.191 e. The molecule has 0 spiro atoms. The van der Waals surface area contributed by atoms with Gasteiger partial charge in [-0.3, -0.25) is 4.68 Å². The first-order chi connectivity index (χ1) is 9.98. The minimum atomic E-state index is 0. The SMILES string of the molecule is CCNC(=NCc1ccnn1C)NC1CC(OC)C1(C)C.I. The lowest BCUT2D eigenvalue weighted by atomic mass is 9.64. The molecule has 1 heterocycles. The van der Waals surface area contributed by atoms with E-state index in [1.807, 2.05) is 17.8 Å². The summed E-state index contributed by atoms with van der Waals surface area (Å²) in [5, 5.41) is 11.0. The van der Waals surface area contributed by atoms with Gasteiger partial charge < -0.3 is 15.4 Å². The first kappa shape index (κ1) is 19.2. The van der Waals surface area contributed by atoms with E-state index in [-0.39, 0.29) is 29.4 Å². The van der Waals surface area contributed by atoms with Crippen molar-refractivity contribution in [1.29, 1.82) is 0 Å². The number of methoxy groups -OCH3 is 1. The van der Waals surface area contributed by atoms with E-state index in [9.17, 15) is 0 Å². The molecule has 0 aliphatic heterocycles. The number of hydrogen-bond acceptors (Lipinski definition) is 3. The van der Waals surface area contributed by atoms with Crippen LogP contribution in [0, 0.1) is 5.41 Å². The van der Waals surface area contributed by atoms with Crippen LogP contribution in [0.4, 0.5) is 0 Å². The van der Waals surface area contributed by atoms with Gasteiger partial charge in [-0.25, -0.2) is 4.99 Å². The van der Waals surface area contributed by atoms with Crippen molar-refractivity contribution >= 4 is 29.9 Å². The molecular formula is C15H28IN5O. The standard InChI is InChI=1S/C15H27N5O.HI/c1-6-16-14(17-10-11-7-8-18-20(11)4)19-12-9-13(21-5)15(12,2)3;/h7-8,12-13H,6,9-10H2,1-5H3,(H2,16,17,19);1H. The predicted molar refractivity (Wildman–Crippen MR) is 99.6 cm³/mol. The second-order valence-electron chi connectivity index (χ2n) is 6.12. The topological polar surface area (TPSA) is 63.5 Å². The van der Waals surface area contributed by atoms with Gasteiger partial charge in [-0.1, -0.05) is 13.8 Å². The normalized spacial score (nSPS) is 23.4. The van der Waals surface area contributed by atoms with Crippen molar-refractivity contribution in [3.05, 3.63) is 18.0 Å². The largest absolute Gasteiger partial charge is 0.381 e. The summed E-state index contributed by atoms with van der Waals surface area (Å²) in [6, 6.07) is 2.37. The number of aryl methyl sites for hydroxylation is 1. The van der Waals surface area contributed by atoms with Gasteiger partial charge in [0.15, 0.2) is 5.96 Å². The molecule has 0 amide bonds. The highest BCUT2D eigenvalue weighted by Gasteiger charge is 2.48. The van der Waals surface area contributed by atoms with E-state index in [2.05, 4.69) is 41.5 Å². The molecule has 22 heavy (non-hydrogen) atoms. The summed E-state index contributed by atoms with van der Waals surface area (Å²) >= 11 is 0. The fourth-order valence-electron chi connectivity index (χ4n) is 2.73. The lowest BCUT2D eigenvalue weighted by molar-refractivity contribution is -0.0922. The molecule has 0 bridgehead atoms. The van der Waals surface area contributed by atoms with Gasteiger partial charge in [-0.05, 0) is 19.4 Å². The van der Waals surface area contributed by atoms with E-state index in [0.29, 0.717) is 18.7 Å². The van der Waals surface area contributed by atoms with E-state index in [4.69, 9.17) is 4.74 Å². The lowest BCUT2D eigenvalue weighted by Gasteiger charge is -2.51. The lowest BCUT2D eigenvalue weighted by Crippen LogP contribution is -2.63. The van der Waals surface area contributed by atoms with E-state index in [1.165, 1.54) is 0 Å². The zero-order valence-electron chi connectivity index (χ0n) is 14.1. The maximum Gasteiger partial charge on any atom is 0.191 e. The number of guanidine groups is 1. The van der Waals surface area contributed by atoms with Crippen LogP contribution < -0.4 is 10.6 Å². The number of aliphatic imine (C=N–C) groups is 1. The third kappa shape index (κ3) is 4.13. The van der Waals surface area contributed by atoms with Crippen LogP contribution in [0.25, 0.3) is 0 Å². The Morgan fingerprint density at radius 2 is 2.27 bits per heavy atom. The molecule has 1 aromatic heterocycles. The van der Waals surface area contributed by atoms with Gasteiger partial charge in [0.25, 0.3) is 0 Å². The molecule has 2 atom stereocenters. The van der Waals surface area contributed by atoms with Crippen molar-refractivity contribution in [1.82, 2.24) is 20.4 Å². The van der Waals surface area contributed by atoms with Gasteiger partial charge in [-0.15, -0.1) is 24.0 Å². The molecule has 1 aliphatic rings. The summed E-state index contributed by atoms with van der Waals surface area (Å²) < 4.78 is 7.34. The number of nitrogens with one attached hydrogen (secondary N) is 2. The highest BCUT2D eigenvalue weighted by Crippen LogP contribution is 2.42. The number of hydrogen-bond donors (Lipinski definition) is 2. The third-order valence-corrected chi connectivity index (χ3v) is 4.44. The fourth-order valence-corrected chi connectivity index (χ4v) is 2.73. The van der Waals surface area contributed by atoms with Crippen LogP contribution in [0.15, 0.2) is 17.3 Å². The number of nitrogens with zero attached hydrogens (tertiary/aromatic N) is 3. The molecule has 6 nitrogen and oxygen atoms in total. The van der Waals surface area contributed by atoms with Gasteiger partial charge in [0, 0.05) is 38.4 Å². The first-order valence-electron chi connectivity index (χ1n) is 7.53. The van der Waals surface area contributed by atoms with Crippen LogP contribution in [0.1, 0.15) is 32.9 Å². The number of rotatable bonds is 5. The highest BCUT2D eigenvalue weighted by molar-refractivity contribution is 14.0. The van der Waals surface area contributed by atoms with Crippen molar-refractivity contribution < 1.29 is 4.74 Å². The molecule has 2 rings (SSSR count). The van der Waals surface area contributed by atoms with Crippen molar-refractivity contribution in [2.45, 2.75) is 45.9 Å². The van der Waals surface area contributed by atoms with Crippen LogP contribution in [0.2, 0.25) is 0 Å². The predicted octanol–water partition coefficient (Wildman–Crippen LogP) is 1.91. The van der Waals surface area contributed by atoms with Gasteiger partial charge >= 0.3 is 0 Å². The highest BCUT2D eigenvalue weighted by atomic mass is 127. The Morgan fingerprint density at radius 3 is 2.77 bits per heavy atom. The third-order valence-electron chi connectivity index (χ3n) is 4.44. The van der Waals surface area contributed by atoms with Gasteiger partial charge in [0.1, 0.15) is 0 Å². The summed E-state index contributed by atoms with van der Waals surface area (Å²) in [6.07, 6.45) is 3.12. The van der Waals surface area contributed by atoms with Gasteiger partial charge in [0.2, 0.25) is 0 Å². The average molecular weight is 421 g/mol. The maximum absolute atomic E-state index is 5.50. The Bertz CT molecular complexity index is 500. The Hall–Kier alpha value is -0.830. The van der Waals surface area contributed by atoms with Crippen molar-refractivity contribution in [3.63, 3.8) is 0 Å². The second kappa shape index (κ2) is 8.14. The van der Waals surface area contributed by atoms with Crippen molar-refractivity contribution in [3.8, 4) is 0 Å². The van der Waals surface area contributed by atoms with Gasteiger partial charge in [-0.2, -0.15) is 5.10 Å². The molecule has 0 radical (unpaired) electrons. The number of ether oxygens (including phenoxy) is 1. The minimum absolute atomic E-state index is 0. The Balaban J connectivity index is 0.00000242. The maximum atomic E-state index is 5.50. The summed E-state index contributed by atoms with van der Waals surface area (Å²) in [6.45, 7) is 8.00. The van der Waals surface area contributed by atoms with E-state index in [1.54, 1.807) is 13.3 Å². The number of halogens is 1. The zero-order valence-corrected chi connectivity index (χ0v) is 16.4. The zero-order chi connectivity index (χ0) is 15.5. The molecule has 1 aliphatic carbocycles. The Morgan fingerprint density at radius 1 is 1.55 bits per heavy atom. The van der Waals surface area contributed by atoms with Crippen LogP contribution >= 0.6 is 24.0 Å². The molecular weight excluding hydrogens is 393 g/mol. The first-order valence-corrected chi connectivity index (χ1v) is 7.53. The van der Waals surface area contributed by atoms with Crippen molar-refractivity contribution in [2.24, 2.45) is 17.5 Å². The van der Waals surface area contributed by atoms with Crippen LogP contribution in [0.5, 0.6) is 0 Å². The quantitative estimate of drug-likeness (QED) is 0.433. The molecule has 126 valence electrons. The van der Waals surface area contributed by atoms with Crippen molar-refractivity contribution in [2.75, 3.05) is 13.7 Å². The van der Waals surface area contributed by atoms with E-state index in [0.717, 1.165) is 24.6 Å². The number of aromatic nitrogens is 2. The molecule has 2 N–H and O–H groups in total. The molecule has 2 unspecified atom stereocenters. The fraction of sp³-hybridized carbons (Fsp3) is 0.733. The summed E-state index contributed by atoms with van der Waals surface area (Å²) in [5.41, 5.74) is 1.21.